The first kappa shape index (κ1) is 84.2. The molecule has 88 heavy (non-hydrogen) atoms. The van der Waals surface area contributed by atoms with Crippen molar-refractivity contribution in [2.45, 2.75) is 436 Å². The minimum absolute atomic E-state index is 0.183. The van der Waals surface area contributed by atoms with Crippen LogP contribution in [0, 0.1) is 0 Å². The molecule has 1 rings (SSSR count). The highest BCUT2D eigenvalue weighted by Gasteiger charge is 2.44. The largest absolute Gasteiger partial charge is 0.394 e. The van der Waals surface area contributed by atoms with Gasteiger partial charge in [-0.2, -0.15) is 0 Å². The lowest BCUT2D eigenvalue weighted by Crippen LogP contribution is -2.60. The van der Waals surface area contributed by atoms with Gasteiger partial charge < -0.3 is 40.3 Å². The van der Waals surface area contributed by atoms with E-state index in [1.54, 1.807) is 6.08 Å². The van der Waals surface area contributed by atoms with Crippen molar-refractivity contribution in [3.63, 3.8) is 0 Å². The fraction of sp³-hybridized carbons (Fsp3) is 0.886. The number of rotatable bonds is 69. The number of unbranched alkanes of at least 4 members (excludes halogenated alkanes) is 53. The number of hydrogen-bond acceptors (Lipinski definition) is 8. The molecule has 0 radical (unpaired) electrons. The van der Waals surface area contributed by atoms with Crippen LogP contribution in [0.3, 0.4) is 0 Å². The molecular formula is C79H149NO8. The molecule has 1 aliphatic heterocycles. The Morgan fingerprint density at radius 3 is 0.955 bits per heavy atom. The third-order valence-electron chi connectivity index (χ3n) is 18.6. The normalized spacial score (nSPS) is 18.1. The number of hydrogen-bond donors (Lipinski definition) is 6. The molecular weight excluding hydrogens is 1090 g/mol. The standard InChI is InChI=1S/C79H149NO8/c1-3-5-7-9-11-13-15-17-19-21-23-25-27-29-31-32-33-34-35-36-37-38-39-40-41-42-43-45-47-49-51-53-55-57-59-61-63-65-67-69-75(83)80-72(71-87-79-78(86)77(85)76(84)74(70-81)88-79)73(82)68-66-64-62-60-58-56-54-52-50-48-46-44-30-28-26-24-22-20-18-16-14-12-10-8-6-4-2/h21,23,50,52,58,60,66,68,72-74,76-79,81-82,84-86H,3-20,22,24-49,51,53-57,59,61-65,67,69-71H2,1-2H3,(H,80,83)/b23-21-,52-50+,60-58+,68-66+. The van der Waals surface area contributed by atoms with E-state index in [4.69, 9.17) is 9.47 Å². The molecule has 0 saturated carbocycles. The van der Waals surface area contributed by atoms with Gasteiger partial charge in [0.05, 0.1) is 25.4 Å². The van der Waals surface area contributed by atoms with E-state index in [0.29, 0.717) is 6.42 Å². The summed E-state index contributed by atoms with van der Waals surface area (Å²) in [6, 6.07) is -0.829. The summed E-state index contributed by atoms with van der Waals surface area (Å²) in [6.07, 6.45) is 86.9. The Morgan fingerprint density at radius 1 is 0.375 bits per heavy atom. The molecule has 1 heterocycles. The van der Waals surface area contributed by atoms with Crippen molar-refractivity contribution < 1.29 is 39.8 Å². The summed E-state index contributed by atoms with van der Waals surface area (Å²) in [5.41, 5.74) is 0. The van der Waals surface area contributed by atoms with Crippen molar-refractivity contribution in [2.75, 3.05) is 13.2 Å². The molecule has 1 saturated heterocycles. The second-order valence-corrected chi connectivity index (χ2v) is 27.1. The third kappa shape index (κ3) is 55.8. The van der Waals surface area contributed by atoms with Crippen molar-refractivity contribution in [1.29, 1.82) is 0 Å². The lowest BCUT2D eigenvalue weighted by Gasteiger charge is -2.40. The van der Waals surface area contributed by atoms with Crippen LogP contribution in [-0.4, -0.2) is 87.5 Å². The molecule has 9 heteroatoms. The lowest BCUT2D eigenvalue weighted by atomic mass is 9.99. The van der Waals surface area contributed by atoms with Crippen LogP contribution < -0.4 is 5.32 Å². The zero-order chi connectivity index (χ0) is 63.5. The van der Waals surface area contributed by atoms with E-state index in [1.165, 1.54) is 327 Å². The summed E-state index contributed by atoms with van der Waals surface area (Å²) in [7, 11) is 0. The van der Waals surface area contributed by atoms with Crippen molar-refractivity contribution in [2.24, 2.45) is 0 Å². The molecule has 7 unspecified atom stereocenters. The van der Waals surface area contributed by atoms with Gasteiger partial charge in [-0.1, -0.05) is 364 Å². The molecule has 0 bridgehead atoms. The molecule has 1 aliphatic rings. The van der Waals surface area contributed by atoms with Crippen molar-refractivity contribution in [3.05, 3.63) is 48.6 Å². The van der Waals surface area contributed by atoms with E-state index in [9.17, 15) is 30.3 Å². The minimum Gasteiger partial charge on any atom is -0.394 e. The maximum Gasteiger partial charge on any atom is 0.220 e. The molecule has 0 aromatic carbocycles. The fourth-order valence-corrected chi connectivity index (χ4v) is 12.5. The van der Waals surface area contributed by atoms with E-state index in [0.717, 1.165) is 44.9 Å². The van der Waals surface area contributed by atoms with E-state index < -0.39 is 49.5 Å². The summed E-state index contributed by atoms with van der Waals surface area (Å²) in [5.74, 6) is -0.183. The van der Waals surface area contributed by atoms with Crippen LogP contribution >= 0.6 is 0 Å². The Labute approximate surface area is 545 Å². The van der Waals surface area contributed by atoms with E-state index in [2.05, 4.69) is 55.6 Å². The average molecular weight is 1240 g/mol. The predicted octanol–water partition coefficient (Wildman–Crippen LogP) is 21.9. The molecule has 518 valence electrons. The Morgan fingerprint density at radius 2 is 0.648 bits per heavy atom. The molecule has 0 spiro atoms. The van der Waals surface area contributed by atoms with Crippen LogP contribution in [0.15, 0.2) is 48.6 Å². The zero-order valence-electron chi connectivity index (χ0n) is 58.3. The number of carbonyl (C=O) groups is 1. The molecule has 9 nitrogen and oxygen atoms in total. The number of amides is 1. The SMILES string of the molecule is CCCCCCCCCC/C=C\CCCCCCCCCCCCCCCCCCCCCCCCCCCCCC(=O)NC(COC1OC(CO)C(O)C(O)C1O)C(O)/C=C/CC/C=C/CC/C=C/CCCCCCCCCCCCCCCCCC. The van der Waals surface area contributed by atoms with Gasteiger partial charge in [-0.05, 0) is 70.6 Å². The van der Waals surface area contributed by atoms with E-state index >= 15 is 0 Å². The van der Waals surface area contributed by atoms with Gasteiger partial charge in [-0.3, -0.25) is 4.79 Å². The van der Waals surface area contributed by atoms with Crippen molar-refractivity contribution >= 4 is 5.91 Å². The number of aliphatic hydroxyl groups excluding tert-OH is 5. The maximum atomic E-state index is 13.1. The maximum absolute atomic E-state index is 13.1. The molecule has 0 aromatic heterocycles. The number of ether oxygens (including phenoxy) is 2. The Balaban J connectivity index is 2.07. The average Bonchev–Trinajstić information content (AvgIpc) is 3.65. The van der Waals surface area contributed by atoms with Gasteiger partial charge in [-0.25, -0.2) is 0 Å². The summed E-state index contributed by atoms with van der Waals surface area (Å²) in [5, 5.41) is 54.8. The Hall–Kier alpha value is -1.85. The summed E-state index contributed by atoms with van der Waals surface area (Å²) in [4.78, 5) is 13.1. The second-order valence-electron chi connectivity index (χ2n) is 27.1. The van der Waals surface area contributed by atoms with Gasteiger partial charge in [0.1, 0.15) is 24.4 Å². The summed E-state index contributed by atoms with van der Waals surface area (Å²) < 4.78 is 11.3. The van der Waals surface area contributed by atoms with Gasteiger partial charge in [0.15, 0.2) is 6.29 Å². The Kier molecular flexibility index (Phi) is 65.1. The molecule has 1 fully saturated rings. The third-order valence-corrected chi connectivity index (χ3v) is 18.6. The second kappa shape index (κ2) is 68.0. The number of aliphatic hydroxyl groups is 5. The minimum atomic E-state index is -1.58. The molecule has 1 amide bonds. The van der Waals surface area contributed by atoms with Crippen molar-refractivity contribution in [1.82, 2.24) is 5.32 Å². The summed E-state index contributed by atoms with van der Waals surface area (Å²) in [6.45, 7) is 3.81. The molecule has 0 aliphatic carbocycles. The lowest BCUT2D eigenvalue weighted by molar-refractivity contribution is -0.302. The number of allylic oxidation sites excluding steroid dienone is 7. The quantitative estimate of drug-likeness (QED) is 0.0261. The smallest absolute Gasteiger partial charge is 0.220 e. The molecule has 7 atom stereocenters. The highest BCUT2D eigenvalue weighted by Crippen LogP contribution is 2.24. The van der Waals surface area contributed by atoms with Crippen molar-refractivity contribution in [3.8, 4) is 0 Å². The van der Waals surface area contributed by atoms with E-state index in [1.807, 2.05) is 6.08 Å². The number of nitrogens with one attached hydrogen (secondary N) is 1. The first-order valence-electron chi connectivity index (χ1n) is 38.9. The highest BCUT2D eigenvalue weighted by molar-refractivity contribution is 5.76. The van der Waals surface area contributed by atoms with Gasteiger partial charge in [0, 0.05) is 6.42 Å². The van der Waals surface area contributed by atoms with Crippen LogP contribution in [0.4, 0.5) is 0 Å². The van der Waals surface area contributed by atoms with Crippen LogP contribution in [-0.2, 0) is 14.3 Å². The molecule has 6 N–H and O–H groups in total. The van der Waals surface area contributed by atoms with Crippen LogP contribution in [0.25, 0.3) is 0 Å². The van der Waals surface area contributed by atoms with Crippen LogP contribution in [0.2, 0.25) is 0 Å². The van der Waals surface area contributed by atoms with Crippen LogP contribution in [0.5, 0.6) is 0 Å². The van der Waals surface area contributed by atoms with Gasteiger partial charge >= 0.3 is 0 Å². The molecule has 0 aromatic rings. The first-order valence-corrected chi connectivity index (χ1v) is 38.9. The fourth-order valence-electron chi connectivity index (χ4n) is 12.5. The zero-order valence-corrected chi connectivity index (χ0v) is 58.3. The summed E-state index contributed by atoms with van der Waals surface area (Å²) >= 11 is 0. The van der Waals surface area contributed by atoms with E-state index in [-0.39, 0.29) is 12.5 Å². The van der Waals surface area contributed by atoms with Gasteiger partial charge in [0.2, 0.25) is 5.91 Å². The highest BCUT2D eigenvalue weighted by atomic mass is 16.7. The van der Waals surface area contributed by atoms with Gasteiger partial charge in [-0.15, -0.1) is 0 Å². The van der Waals surface area contributed by atoms with Crippen LogP contribution in [0.1, 0.15) is 393 Å². The number of carbonyl (C=O) groups excluding carboxylic acids is 1. The predicted molar refractivity (Wildman–Crippen MR) is 378 cm³/mol. The monoisotopic (exact) mass is 1240 g/mol. The van der Waals surface area contributed by atoms with Gasteiger partial charge in [0.25, 0.3) is 0 Å². The Bertz CT molecular complexity index is 1530. The topological polar surface area (TPSA) is 149 Å². The first-order chi connectivity index (χ1) is 43.3.